The van der Waals surface area contributed by atoms with Crippen LogP contribution in [0.1, 0.15) is 51.3 Å². The molecule has 5 aromatic carbocycles. The van der Waals surface area contributed by atoms with Crippen LogP contribution in [0.4, 0.5) is 0 Å². The standard InChI is InChI=1S/C30H27N2.C11H8N.Ir/c1-29(2,3)21-14-16-22(17-15-21)31-19-32-25-18-13-20-9-6-7-10-23(20)27(25)30(4,5)24-11-8-12-26(31)28(24)32;1-2-6-10(7-3-1)11-8-4-5-9-12-11;/h6-17H,1-5H3;1-6,8-9H;/q2*-1;+3. The Balaban J connectivity index is 0.000000231. The number of pyridine rings is 1. The van der Waals surface area contributed by atoms with Crippen LogP contribution in [0.5, 0.6) is 0 Å². The molecule has 3 nitrogen and oxygen atoms in total. The number of benzene rings is 5. The van der Waals surface area contributed by atoms with E-state index in [9.17, 15) is 0 Å². The Morgan fingerprint density at radius 3 is 2.24 bits per heavy atom. The normalized spacial score (nSPS) is 13.0. The summed E-state index contributed by atoms with van der Waals surface area (Å²) in [4.78, 5) is 4.22. The van der Waals surface area contributed by atoms with Gasteiger partial charge >= 0.3 is 20.1 Å². The molecule has 0 unspecified atom stereocenters. The Morgan fingerprint density at radius 1 is 0.778 bits per heavy atom. The van der Waals surface area contributed by atoms with Crippen LogP contribution in [0.25, 0.3) is 44.4 Å². The predicted molar refractivity (Wildman–Crippen MR) is 179 cm³/mol. The van der Waals surface area contributed by atoms with E-state index in [4.69, 9.17) is 0 Å². The summed E-state index contributed by atoms with van der Waals surface area (Å²) in [5.41, 5.74) is 10.6. The number of imidazole rings is 1. The van der Waals surface area contributed by atoms with E-state index in [2.05, 4.69) is 140 Å². The van der Waals surface area contributed by atoms with E-state index in [1.54, 1.807) is 6.20 Å². The minimum Gasteiger partial charge on any atom is -0.314 e. The molecule has 0 N–H and O–H groups in total. The molecule has 0 bridgehead atoms. The van der Waals surface area contributed by atoms with Gasteiger partial charge in [0.25, 0.3) is 6.33 Å². The fraction of sp³-hybridized carbons (Fsp3) is 0.171. The minimum absolute atomic E-state index is 0. The van der Waals surface area contributed by atoms with Crippen molar-refractivity contribution in [3.05, 3.63) is 157 Å². The monoisotopic (exact) mass is 762 g/mol. The van der Waals surface area contributed by atoms with Crippen LogP contribution < -0.4 is 4.57 Å². The third kappa shape index (κ3) is 5.43. The third-order valence-electron chi connectivity index (χ3n) is 8.67. The maximum Gasteiger partial charge on any atom is 3.00 e. The Bertz CT molecular complexity index is 2070. The van der Waals surface area contributed by atoms with Crippen molar-refractivity contribution in [3.8, 4) is 22.6 Å². The number of fused-ring (bicyclic) bond motifs is 4. The van der Waals surface area contributed by atoms with Gasteiger partial charge in [0.2, 0.25) is 0 Å². The summed E-state index contributed by atoms with van der Waals surface area (Å²) >= 11 is 0. The molecule has 0 aliphatic carbocycles. The Morgan fingerprint density at radius 2 is 1.53 bits per heavy atom. The smallest absolute Gasteiger partial charge is 0.314 e. The molecule has 0 saturated heterocycles. The van der Waals surface area contributed by atoms with Gasteiger partial charge in [0, 0.05) is 6.20 Å². The van der Waals surface area contributed by atoms with Crippen molar-refractivity contribution >= 4 is 21.8 Å². The Kier molecular flexibility index (Phi) is 8.07. The van der Waals surface area contributed by atoms with Gasteiger partial charge in [-0.2, -0.15) is 12.1 Å². The van der Waals surface area contributed by atoms with E-state index < -0.39 is 0 Å². The van der Waals surface area contributed by atoms with E-state index in [0.29, 0.717) is 0 Å². The molecule has 0 radical (unpaired) electrons. The maximum absolute atomic E-state index is 4.22. The van der Waals surface area contributed by atoms with Gasteiger partial charge in [0.05, 0.1) is 16.7 Å². The van der Waals surface area contributed by atoms with Gasteiger partial charge in [0.15, 0.2) is 0 Å². The summed E-state index contributed by atoms with van der Waals surface area (Å²) in [6.45, 7) is 11.4. The number of hydrogen-bond acceptors (Lipinski definition) is 1. The van der Waals surface area contributed by atoms with Crippen LogP contribution >= 0.6 is 0 Å². The van der Waals surface area contributed by atoms with Crippen molar-refractivity contribution in [2.45, 2.75) is 45.4 Å². The largest absolute Gasteiger partial charge is 3.00 e. The Hall–Kier alpha value is -4.37. The van der Waals surface area contributed by atoms with Crippen LogP contribution in [-0.4, -0.2) is 9.55 Å². The molecule has 0 fully saturated rings. The number of hydrogen-bond donors (Lipinski definition) is 0. The summed E-state index contributed by atoms with van der Waals surface area (Å²) in [5.74, 6) is 0. The quantitative estimate of drug-likeness (QED) is 0.127. The second-order valence-corrected chi connectivity index (χ2v) is 13.0. The first-order valence-corrected chi connectivity index (χ1v) is 15.2. The van der Waals surface area contributed by atoms with E-state index in [-0.39, 0.29) is 30.9 Å². The van der Waals surface area contributed by atoms with Crippen LogP contribution in [0.3, 0.4) is 0 Å². The second-order valence-electron chi connectivity index (χ2n) is 13.0. The zero-order valence-electron chi connectivity index (χ0n) is 26.2. The minimum atomic E-state index is -0.137. The van der Waals surface area contributed by atoms with Gasteiger partial charge in [-0.05, 0) is 51.5 Å². The Labute approximate surface area is 279 Å². The van der Waals surface area contributed by atoms with E-state index in [1.807, 2.05) is 42.5 Å². The van der Waals surface area contributed by atoms with Crippen molar-refractivity contribution in [3.63, 3.8) is 0 Å². The average molecular weight is 762 g/mol. The molecule has 2 aromatic heterocycles. The summed E-state index contributed by atoms with van der Waals surface area (Å²) < 4.78 is 4.41. The second kappa shape index (κ2) is 11.9. The number of nitrogens with zero attached hydrogens (tertiary/aromatic N) is 3. The molecule has 0 spiro atoms. The summed E-state index contributed by atoms with van der Waals surface area (Å²) in [5, 5.41) is 2.52. The van der Waals surface area contributed by atoms with Gasteiger partial charge in [-0.25, -0.2) is 0 Å². The summed E-state index contributed by atoms with van der Waals surface area (Å²) in [7, 11) is 0. The van der Waals surface area contributed by atoms with Gasteiger partial charge < -0.3 is 9.55 Å². The first-order chi connectivity index (χ1) is 21.2. The molecule has 45 heavy (non-hydrogen) atoms. The maximum atomic E-state index is 4.22. The molecule has 0 atom stereocenters. The van der Waals surface area contributed by atoms with Crippen LogP contribution in [0.2, 0.25) is 0 Å². The van der Waals surface area contributed by atoms with Crippen molar-refractivity contribution < 1.29 is 24.7 Å². The van der Waals surface area contributed by atoms with Crippen molar-refractivity contribution in [1.29, 1.82) is 0 Å². The third-order valence-corrected chi connectivity index (χ3v) is 8.67. The summed E-state index contributed by atoms with van der Waals surface area (Å²) in [6, 6.07) is 46.7. The molecule has 8 rings (SSSR count). The topological polar surface area (TPSA) is 21.7 Å². The zero-order chi connectivity index (χ0) is 30.5. The fourth-order valence-corrected chi connectivity index (χ4v) is 6.34. The van der Waals surface area contributed by atoms with Crippen molar-refractivity contribution in [2.24, 2.45) is 0 Å². The first kappa shape index (κ1) is 30.6. The SMILES string of the molecule is CC(C)(C)c1ccc(-n2[c-][n+]3c4c(cccc42)C(C)(C)c2c-3[c-]cc3ccccc23)cc1.[Ir+3].[c-]1ccccc1-c1ccccn1. The number of rotatable bonds is 2. The van der Waals surface area contributed by atoms with E-state index in [0.717, 1.165) is 22.6 Å². The van der Waals surface area contributed by atoms with E-state index in [1.165, 1.54) is 38.5 Å². The first-order valence-electron chi connectivity index (χ1n) is 15.2. The van der Waals surface area contributed by atoms with Gasteiger partial charge in [0.1, 0.15) is 0 Å². The molecule has 3 heterocycles. The summed E-state index contributed by atoms with van der Waals surface area (Å²) in [6.07, 6.45) is 5.45. The van der Waals surface area contributed by atoms with Crippen LogP contribution in [0.15, 0.2) is 121 Å². The predicted octanol–water partition coefficient (Wildman–Crippen LogP) is 9.14. The van der Waals surface area contributed by atoms with Gasteiger partial charge in [-0.15, -0.1) is 58.3 Å². The van der Waals surface area contributed by atoms with Gasteiger partial charge in [-0.3, -0.25) is 4.57 Å². The van der Waals surface area contributed by atoms with Crippen LogP contribution in [-0.2, 0) is 30.9 Å². The fourth-order valence-electron chi connectivity index (χ4n) is 6.34. The zero-order valence-corrected chi connectivity index (χ0v) is 28.6. The molecule has 1 aliphatic heterocycles. The molecule has 1 aliphatic rings. The van der Waals surface area contributed by atoms with Crippen molar-refractivity contribution in [2.75, 3.05) is 0 Å². The number of para-hydroxylation sites is 1. The molecule has 7 aromatic rings. The molecular formula is C41H35IrN3+. The van der Waals surface area contributed by atoms with Gasteiger partial charge in [-0.1, -0.05) is 95.3 Å². The molecule has 222 valence electrons. The molecule has 0 saturated carbocycles. The van der Waals surface area contributed by atoms with Crippen molar-refractivity contribution in [1.82, 2.24) is 9.55 Å². The molecule has 4 heteroatoms. The van der Waals surface area contributed by atoms with E-state index >= 15 is 0 Å². The van der Waals surface area contributed by atoms with Crippen LogP contribution in [0, 0.1) is 18.5 Å². The number of aromatic nitrogens is 3. The average Bonchev–Trinajstić information content (AvgIpc) is 3.44. The molecule has 0 amide bonds. The molecular weight excluding hydrogens is 727 g/mol.